The van der Waals surface area contributed by atoms with Gasteiger partial charge < -0.3 is 10.1 Å². The standard InChI is InChI=1S/C17H25NO/c1-12-3-5-16(9-13(12)2)18-11-14-4-6-17-15(10-14)7-8-19-17/h4,6,10,12-13,16,18H,3,5,7-9,11H2,1-2H3. The summed E-state index contributed by atoms with van der Waals surface area (Å²) in [7, 11) is 0. The highest BCUT2D eigenvalue weighted by atomic mass is 16.5. The van der Waals surface area contributed by atoms with E-state index in [1.54, 1.807) is 0 Å². The van der Waals surface area contributed by atoms with E-state index in [1.807, 2.05) is 0 Å². The van der Waals surface area contributed by atoms with Crippen molar-refractivity contribution < 1.29 is 4.74 Å². The number of ether oxygens (including phenoxy) is 1. The maximum Gasteiger partial charge on any atom is 0.122 e. The zero-order valence-corrected chi connectivity index (χ0v) is 12.1. The topological polar surface area (TPSA) is 21.3 Å². The van der Waals surface area contributed by atoms with E-state index in [4.69, 9.17) is 4.74 Å². The van der Waals surface area contributed by atoms with E-state index in [1.165, 1.54) is 30.4 Å². The molecule has 3 unspecified atom stereocenters. The van der Waals surface area contributed by atoms with E-state index < -0.39 is 0 Å². The summed E-state index contributed by atoms with van der Waals surface area (Å²) in [5, 5.41) is 3.74. The quantitative estimate of drug-likeness (QED) is 0.896. The second-order valence-corrected chi connectivity index (χ2v) is 6.39. The second-order valence-electron chi connectivity index (χ2n) is 6.39. The van der Waals surface area contributed by atoms with Crippen LogP contribution in [0.5, 0.6) is 5.75 Å². The van der Waals surface area contributed by atoms with Gasteiger partial charge in [-0.15, -0.1) is 0 Å². The van der Waals surface area contributed by atoms with Crippen LogP contribution in [0.3, 0.4) is 0 Å². The Morgan fingerprint density at radius 2 is 2.11 bits per heavy atom. The van der Waals surface area contributed by atoms with E-state index in [9.17, 15) is 0 Å². The summed E-state index contributed by atoms with van der Waals surface area (Å²) in [6.45, 7) is 6.63. The predicted octanol–water partition coefficient (Wildman–Crippen LogP) is 3.54. The van der Waals surface area contributed by atoms with Crippen LogP contribution >= 0.6 is 0 Å². The van der Waals surface area contributed by atoms with Crippen molar-refractivity contribution >= 4 is 0 Å². The van der Waals surface area contributed by atoms with Crippen LogP contribution in [0.1, 0.15) is 44.2 Å². The zero-order chi connectivity index (χ0) is 13.2. The molecule has 0 spiro atoms. The lowest BCUT2D eigenvalue weighted by molar-refractivity contribution is 0.225. The Balaban J connectivity index is 1.55. The molecule has 1 aliphatic carbocycles. The molecule has 1 aromatic rings. The molecular formula is C17H25NO. The van der Waals surface area contributed by atoms with Crippen molar-refractivity contribution in [2.45, 2.75) is 52.1 Å². The van der Waals surface area contributed by atoms with Gasteiger partial charge in [-0.3, -0.25) is 0 Å². The summed E-state index contributed by atoms with van der Waals surface area (Å²) in [4.78, 5) is 0. The van der Waals surface area contributed by atoms with Crippen molar-refractivity contribution in [2.24, 2.45) is 11.8 Å². The van der Waals surface area contributed by atoms with Crippen molar-refractivity contribution in [3.8, 4) is 5.75 Å². The van der Waals surface area contributed by atoms with Crippen LogP contribution in [0.4, 0.5) is 0 Å². The molecule has 2 heteroatoms. The number of rotatable bonds is 3. The van der Waals surface area contributed by atoms with Crippen molar-refractivity contribution in [1.29, 1.82) is 0 Å². The highest BCUT2D eigenvalue weighted by Gasteiger charge is 2.24. The van der Waals surface area contributed by atoms with Crippen LogP contribution in [0, 0.1) is 11.8 Å². The SMILES string of the molecule is CC1CCC(NCc2ccc3c(c2)CCO3)CC1C. The van der Waals surface area contributed by atoms with Gasteiger partial charge >= 0.3 is 0 Å². The number of benzene rings is 1. The van der Waals surface area contributed by atoms with E-state index in [2.05, 4.69) is 37.4 Å². The number of fused-ring (bicyclic) bond motifs is 1. The minimum absolute atomic E-state index is 0.704. The van der Waals surface area contributed by atoms with Crippen LogP contribution < -0.4 is 10.1 Å². The van der Waals surface area contributed by atoms with Gasteiger partial charge in [0.1, 0.15) is 5.75 Å². The van der Waals surface area contributed by atoms with Gasteiger partial charge in [-0.1, -0.05) is 26.0 Å². The fourth-order valence-corrected chi connectivity index (χ4v) is 3.34. The van der Waals surface area contributed by atoms with Crippen LogP contribution in [-0.2, 0) is 13.0 Å². The molecule has 0 amide bonds. The monoisotopic (exact) mass is 259 g/mol. The molecule has 1 aliphatic heterocycles. The van der Waals surface area contributed by atoms with Gasteiger partial charge in [-0.05, 0) is 48.3 Å². The first-order valence-corrected chi connectivity index (χ1v) is 7.70. The minimum Gasteiger partial charge on any atom is -0.493 e. The largest absolute Gasteiger partial charge is 0.493 e. The maximum absolute atomic E-state index is 5.55. The van der Waals surface area contributed by atoms with Crippen molar-refractivity contribution in [1.82, 2.24) is 5.32 Å². The average Bonchev–Trinajstić information content (AvgIpc) is 2.87. The Hall–Kier alpha value is -1.02. The summed E-state index contributed by atoms with van der Waals surface area (Å²) in [6, 6.07) is 7.34. The fourth-order valence-electron chi connectivity index (χ4n) is 3.34. The molecule has 1 fully saturated rings. The molecule has 0 aromatic heterocycles. The average molecular weight is 259 g/mol. The molecule has 3 rings (SSSR count). The van der Waals surface area contributed by atoms with Gasteiger partial charge in [0.25, 0.3) is 0 Å². The second kappa shape index (κ2) is 5.54. The first-order chi connectivity index (χ1) is 9.22. The minimum atomic E-state index is 0.704. The molecule has 1 heterocycles. The van der Waals surface area contributed by atoms with Gasteiger partial charge in [0, 0.05) is 19.0 Å². The van der Waals surface area contributed by atoms with Gasteiger partial charge in [-0.25, -0.2) is 0 Å². The van der Waals surface area contributed by atoms with E-state index >= 15 is 0 Å². The Kier molecular flexibility index (Phi) is 3.79. The van der Waals surface area contributed by atoms with Gasteiger partial charge in [-0.2, -0.15) is 0 Å². The summed E-state index contributed by atoms with van der Waals surface area (Å²) in [6.07, 6.45) is 5.10. The molecule has 0 saturated heterocycles. The Morgan fingerprint density at radius 1 is 1.21 bits per heavy atom. The lowest BCUT2D eigenvalue weighted by Crippen LogP contribution is -2.35. The van der Waals surface area contributed by atoms with E-state index in [0.717, 1.165) is 37.2 Å². The summed E-state index contributed by atoms with van der Waals surface area (Å²) in [5.41, 5.74) is 2.78. The van der Waals surface area contributed by atoms with Crippen LogP contribution in [0.25, 0.3) is 0 Å². The fraction of sp³-hybridized carbons (Fsp3) is 0.647. The molecule has 104 valence electrons. The lowest BCUT2D eigenvalue weighted by atomic mass is 9.79. The smallest absolute Gasteiger partial charge is 0.122 e. The maximum atomic E-state index is 5.55. The third-order valence-electron chi connectivity index (χ3n) is 4.95. The lowest BCUT2D eigenvalue weighted by Gasteiger charge is -2.32. The molecule has 2 aliphatic rings. The summed E-state index contributed by atoms with van der Waals surface area (Å²) < 4.78 is 5.55. The molecular weight excluding hydrogens is 234 g/mol. The zero-order valence-electron chi connectivity index (χ0n) is 12.1. The summed E-state index contributed by atoms with van der Waals surface area (Å²) in [5.74, 6) is 2.85. The normalized spacial score (nSPS) is 29.9. The molecule has 0 radical (unpaired) electrons. The number of nitrogens with one attached hydrogen (secondary N) is 1. The molecule has 0 bridgehead atoms. The van der Waals surface area contributed by atoms with Crippen molar-refractivity contribution in [2.75, 3.05) is 6.61 Å². The predicted molar refractivity (Wildman–Crippen MR) is 78.4 cm³/mol. The highest BCUT2D eigenvalue weighted by Crippen LogP contribution is 2.30. The van der Waals surface area contributed by atoms with Gasteiger partial charge in [0.2, 0.25) is 0 Å². The highest BCUT2D eigenvalue weighted by molar-refractivity contribution is 5.39. The molecule has 1 aromatic carbocycles. The first kappa shape index (κ1) is 13.0. The van der Waals surface area contributed by atoms with Crippen molar-refractivity contribution in [3.05, 3.63) is 29.3 Å². The van der Waals surface area contributed by atoms with Gasteiger partial charge in [0.05, 0.1) is 6.61 Å². The molecule has 3 atom stereocenters. The molecule has 19 heavy (non-hydrogen) atoms. The molecule has 1 N–H and O–H groups in total. The van der Waals surface area contributed by atoms with E-state index in [0.29, 0.717) is 6.04 Å². The Morgan fingerprint density at radius 3 is 2.95 bits per heavy atom. The number of hydrogen-bond acceptors (Lipinski definition) is 2. The summed E-state index contributed by atoms with van der Waals surface area (Å²) >= 11 is 0. The third kappa shape index (κ3) is 2.94. The Bertz CT molecular complexity index is 443. The first-order valence-electron chi connectivity index (χ1n) is 7.70. The Labute approximate surface area is 116 Å². The third-order valence-corrected chi connectivity index (χ3v) is 4.95. The molecule has 2 nitrogen and oxygen atoms in total. The molecule has 1 saturated carbocycles. The van der Waals surface area contributed by atoms with Gasteiger partial charge in [0.15, 0.2) is 0 Å². The van der Waals surface area contributed by atoms with Crippen LogP contribution in [-0.4, -0.2) is 12.6 Å². The van der Waals surface area contributed by atoms with Crippen LogP contribution in [0.2, 0.25) is 0 Å². The van der Waals surface area contributed by atoms with E-state index in [-0.39, 0.29) is 0 Å². The van der Waals surface area contributed by atoms with Crippen LogP contribution in [0.15, 0.2) is 18.2 Å². The van der Waals surface area contributed by atoms with Crippen molar-refractivity contribution in [3.63, 3.8) is 0 Å². The number of hydrogen-bond donors (Lipinski definition) is 1.